The molecule has 1 fully saturated rings. The van der Waals surface area contributed by atoms with Crippen molar-refractivity contribution in [3.63, 3.8) is 0 Å². The highest BCUT2D eigenvalue weighted by Crippen LogP contribution is 2.36. The van der Waals surface area contributed by atoms with Gasteiger partial charge in [-0.15, -0.1) is 11.3 Å². The summed E-state index contributed by atoms with van der Waals surface area (Å²) in [6.45, 7) is 4.02. The van der Waals surface area contributed by atoms with Gasteiger partial charge in [0, 0.05) is 30.6 Å². The second-order valence-electron chi connectivity index (χ2n) is 5.68. The Bertz CT molecular complexity index is 777. The molecule has 0 spiro atoms. The van der Waals surface area contributed by atoms with Gasteiger partial charge in [-0.3, -0.25) is 15.0 Å². The Morgan fingerprint density at radius 3 is 2.81 bits per heavy atom. The SMILES string of the molecule is COc1cc(C(=O)Nc2nc(CN3CCOCC3)cs2)cc(Cl)c1OC. The number of thiazole rings is 1. The van der Waals surface area contributed by atoms with Crippen molar-refractivity contribution in [2.45, 2.75) is 6.54 Å². The maximum Gasteiger partial charge on any atom is 0.257 e. The second-order valence-corrected chi connectivity index (χ2v) is 6.95. The molecule has 0 bridgehead atoms. The maximum atomic E-state index is 12.5. The predicted octanol–water partition coefficient (Wildman–Crippen LogP) is 2.90. The van der Waals surface area contributed by atoms with Gasteiger partial charge >= 0.3 is 0 Å². The summed E-state index contributed by atoms with van der Waals surface area (Å²) in [6.07, 6.45) is 0. The lowest BCUT2D eigenvalue weighted by atomic mass is 10.2. The number of methoxy groups -OCH3 is 2. The molecule has 26 heavy (non-hydrogen) atoms. The lowest BCUT2D eigenvalue weighted by molar-refractivity contribution is 0.0337. The molecule has 1 N–H and O–H groups in total. The van der Waals surface area contributed by atoms with Gasteiger partial charge in [0.05, 0.1) is 38.1 Å². The number of hydrogen-bond acceptors (Lipinski definition) is 7. The molecule has 9 heteroatoms. The van der Waals surface area contributed by atoms with E-state index in [1.165, 1.54) is 25.6 Å². The number of anilines is 1. The minimum Gasteiger partial charge on any atom is -0.493 e. The molecule has 1 saturated heterocycles. The molecule has 1 aromatic heterocycles. The van der Waals surface area contributed by atoms with Crippen LogP contribution in [0.25, 0.3) is 0 Å². The third kappa shape index (κ3) is 4.45. The van der Waals surface area contributed by atoms with Crippen LogP contribution in [0.15, 0.2) is 17.5 Å². The van der Waals surface area contributed by atoms with Crippen molar-refractivity contribution < 1.29 is 19.0 Å². The van der Waals surface area contributed by atoms with Crippen molar-refractivity contribution in [3.05, 3.63) is 33.8 Å². The lowest BCUT2D eigenvalue weighted by Gasteiger charge is -2.25. The quantitative estimate of drug-likeness (QED) is 0.808. The van der Waals surface area contributed by atoms with Gasteiger partial charge in [0.25, 0.3) is 5.91 Å². The highest BCUT2D eigenvalue weighted by molar-refractivity contribution is 7.14. The first-order valence-electron chi connectivity index (χ1n) is 8.08. The number of ether oxygens (including phenoxy) is 3. The molecule has 1 aliphatic heterocycles. The number of carbonyl (C=O) groups excluding carboxylic acids is 1. The van der Waals surface area contributed by atoms with E-state index in [-0.39, 0.29) is 5.91 Å². The molecule has 7 nitrogen and oxygen atoms in total. The molecule has 0 unspecified atom stereocenters. The van der Waals surface area contributed by atoms with E-state index in [0.717, 1.165) is 38.5 Å². The number of rotatable bonds is 6. The first-order chi connectivity index (χ1) is 12.6. The van der Waals surface area contributed by atoms with Crippen molar-refractivity contribution in [2.75, 3.05) is 45.8 Å². The summed E-state index contributed by atoms with van der Waals surface area (Å²) in [7, 11) is 2.99. The van der Waals surface area contributed by atoms with Crippen LogP contribution in [0, 0.1) is 0 Å². The minimum atomic E-state index is -0.305. The Balaban J connectivity index is 1.67. The van der Waals surface area contributed by atoms with Crippen molar-refractivity contribution >= 4 is 34.0 Å². The lowest BCUT2D eigenvalue weighted by Crippen LogP contribution is -2.35. The van der Waals surface area contributed by atoms with Gasteiger partial charge in [0.2, 0.25) is 0 Å². The Hall–Kier alpha value is -1.87. The van der Waals surface area contributed by atoms with Gasteiger partial charge in [0.1, 0.15) is 0 Å². The summed E-state index contributed by atoms with van der Waals surface area (Å²) in [5.41, 5.74) is 1.30. The Labute approximate surface area is 160 Å². The van der Waals surface area contributed by atoms with E-state index >= 15 is 0 Å². The van der Waals surface area contributed by atoms with Crippen molar-refractivity contribution in [3.8, 4) is 11.5 Å². The van der Waals surface area contributed by atoms with E-state index in [4.69, 9.17) is 25.8 Å². The third-order valence-electron chi connectivity index (χ3n) is 3.96. The standard InChI is InChI=1S/C17H20ClN3O4S/c1-23-14-8-11(7-13(18)15(14)24-2)16(22)20-17-19-12(10-26-17)9-21-3-5-25-6-4-21/h7-8,10H,3-6,9H2,1-2H3,(H,19,20,22). The molecule has 0 atom stereocenters. The fourth-order valence-corrected chi connectivity index (χ4v) is 3.63. The zero-order chi connectivity index (χ0) is 18.5. The molecule has 140 valence electrons. The summed E-state index contributed by atoms with van der Waals surface area (Å²) in [4.78, 5) is 19.3. The van der Waals surface area contributed by atoms with Crippen LogP contribution < -0.4 is 14.8 Å². The van der Waals surface area contributed by atoms with E-state index in [2.05, 4.69) is 15.2 Å². The number of morpholine rings is 1. The van der Waals surface area contributed by atoms with Crippen LogP contribution in [-0.4, -0.2) is 56.3 Å². The minimum absolute atomic E-state index is 0.305. The van der Waals surface area contributed by atoms with Crippen molar-refractivity contribution in [1.82, 2.24) is 9.88 Å². The summed E-state index contributed by atoms with van der Waals surface area (Å²) < 4.78 is 15.8. The van der Waals surface area contributed by atoms with Crippen LogP contribution in [0.5, 0.6) is 11.5 Å². The molecular weight excluding hydrogens is 378 g/mol. The van der Waals surface area contributed by atoms with Crippen LogP contribution in [0.1, 0.15) is 16.1 Å². The molecule has 0 saturated carbocycles. The first kappa shape index (κ1) is 18.9. The number of hydrogen-bond donors (Lipinski definition) is 1. The fourth-order valence-electron chi connectivity index (χ4n) is 2.64. The Morgan fingerprint density at radius 1 is 1.35 bits per heavy atom. The molecule has 2 aromatic rings. The Morgan fingerprint density at radius 2 is 2.12 bits per heavy atom. The monoisotopic (exact) mass is 397 g/mol. The van der Waals surface area contributed by atoms with E-state index in [1.807, 2.05) is 5.38 Å². The van der Waals surface area contributed by atoms with Crippen LogP contribution in [0.3, 0.4) is 0 Å². The molecule has 0 aliphatic carbocycles. The summed E-state index contributed by atoms with van der Waals surface area (Å²) in [6, 6.07) is 3.13. The summed E-state index contributed by atoms with van der Waals surface area (Å²) in [5, 5.41) is 5.61. The van der Waals surface area contributed by atoms with Crippen LogP contribution >= 0.6 is 22.9 Å². The van der Waals surface area contributed by atoms with E-state index in [0.29, 0.717) is 27.2 Å². The van der Waals surface area contributed by atoms with E-state index < -0.39 is 0 Å². The zero-order valence-electron chi connectivity index (χ0n) is 14.6. The highest BCUT2D eigenvalue weighted by atomic mass is 35.5. The summed E-state index contributed by atoms with van der Waals surface area (Å²) >= 11 is 7.55. The average molecular weight is 398 g/mol. The molecule has 2 heterocycles. The number of amides is 1. The van der Waals surface area contributed by atoms with Gasteiger partial charge in [-0.2, -0.15) is 0 Å². The van der Waals surface area contributed by atoms with Gasteiger partial charge in [-0.05, 0) is 12.1 Å². The second kappa shape index (κ2) is 8.68. The number of aromatic nitrogens is 1. The van der Waals surface area contributed by atoms with Crippen molar-refractivity contribution in [1.29, 1.82) is 0 Å². The molecule has 1 aromatic carbocycles. The number of carbonyl (C=O) groups is 1. The van der Waals surface area contributed by atoms with Crippen LogP contribution in [0.2, 0.25) is 5.02 Å². The van der Waals surface area contributed by atoms with Crippen LogP contribution in [0.4, 0.5) is 5.13 Å². The molecule has 0 radical (unpaired) electrons. The highest BCUT2D eigenvalue weighted by Gasteiger charge is 2.17. The third-order valence-corrected chi connectivity index (χ3v) is 5.04. The van der Waals surface area contributed by atoms with Gasteiger partial charge in [0.15, 0.2) is 16.6 Å². The molecule has 1 aliphatic rings. The number of halogens is 1. The normalized spacial score (nSPS) is 14.9. The van der Waals surface area contributed by atoms with E-state index in [9.17, 15) is 4.79 Å². The smallest absolute Gasteiger partial charge is 0.257 e. The number of nitrogens with zero attached hydrogens (tertiary/aromatic N) is 2. The topological polar surface area (TPSA) is 72.9 Å². The number of benzene rings is 1. The maximum absolute atomic E-state index is 12.5. The van der Waals surface area contributed by atoms with Gasteiger partial charge in [-0.1, -0.05) is 11.6 Å². The molecular formula is C17H20ClN3O4S. The van der Waals surface area contributed by atoms with Crippen LogP contribution in [-0.2, 0) is 11.3 Å². The first-order valence-corrected chi connectivity index (χ1v) is 9.34. The van der Waals surface area contributed by atoms with Gasteiger partial charge < -0.3 is 14.2 Å². The molecule has 3 rings (SSSR count). The zero-order valence-corrected chi connectivity index (χ0v) is 16.2. The predicted molar refractivity (Wildman–Crippen MR) is 101 cm³/mol. The summed E-state index contributed by atoms with van der Waals surface area (Å²) in [5.74, 6) is 0.491. The van der Waals surface area contributed by atoms with Gasteiger partial charge in [-0.25, -0.2) is 4.98 Å². The average Bonchev–Trinajstić information content (AvgIpc) is 3.08. The fraction of sp³-hybridized carbons (Fsp3) is 0.412. The largest absolute Gasteiger partial charge is 0.493 e. The van der Waals surface area contributed by atoms with Crippen molar-refractivity contribution in [2.24, 2.45) is 0 Å². The molecule has 1 amide bonds. The Kier molecular flexibility index (Phi) is 6.31. The number of nitrogens with one attached hydrogen (secondary N) is 1. The van der Waals surface area contributed by atoms with E-state index in [1.54, 1.807) is 12.1 Å².